The molecule has 0 atom stereocenters. The molecule has 6 nitrogen and oxygen atoms in total. The predicted octanol–water partition coefficient (Wildman–Crippen LogP) is 16.6. The summed E-state index contributed by atoms with van der Waals surface area (Å²) < 4.78 is 23.2. The van der Waals surface area contributed by atoms with Crippen molar-refractivity contribution in [3.63, 3.8) is 0 Å². The molecule has 0 N–H and O–H groups in total. The zero-order valence-corrected chi connectivity index (χ0v) is 39.6. The van der Waals surface area contributed by atoms with Crippen LogP contribution in [0, 0.1) is 0 Å². The highest BCUT2D eigenvalue weighted by molar-refractivity contribution is 6.26. The van der Waals surface area contributed by atoms with Crippen LogP contribution in [0.2, 0.25) is 0 Å². The highest BCUT2D eigenvalue weighted by Gasteiger charge is 2.22. The summed E-state index contributed by atoms with van der Waals surface area (Å²) in [5, 5.41) is 7.49. The van der Waals surface area contributed by atoms with Gasteiger partial charge in [-0.1, -0.05) is 135 Å². The Bertz CT molecular complexity index is 3210. The van der Waals surface area contributed by atoms with Crippen LogP contribution in [0.3, 0.4) is 0 Å². The Morgan fingerprint density at radius 3 is 1.03 bits per heavy atom. The normalized spacial score (nSPS) is 14.3. The molecule has 12 rings (SSSR count). The van der Waals surface area contributed by atoms with E-state index in [1.165, 1.54) is 65.7 Å². The molecule has 70 heavy (non-hydrogen) atoms. The Morgan fingerprint density at radius 2 is 0.657 bits per heavy atom. The first-order valence-corrected chi connectivity index (χ1v) is 24.6. The third-order valence-corrected chi connectivity index (χ3v) is 14.0. The van der Waals surface area contributed by atoms with Crippen molar-refractivity contribution in [2.24, 2.45) is 0 Å². The third-order valence-electron chi connectivity index (χ3n) is 14.0. The van der Waals surface area contributed by atoms with Gasteiger partial charge in [-0.3, -0.25) is 0 Å². The Hall–Kier alpha value is -7.58. The van der Waals surface area contributed by atoms with E-state index in [-0.39, 0.29) is 12.6 Å². The van der Waals surface area contributed by atoms with Crippen molar-refractivity contribution >= 4 is 66.4 Å². The molecule has 2 saturated heterocycles. The monoisotopic (exact) mass is 914 g/mol. The van der Waals surface area contributed by atoms with Crippen LogP contribution in [0.15, 0.2) is 206 Å². The van der Waals surface area contributed by atoms with Gasteiger partial charge in [0.25, 0.3) is 0 Å². The van der Waals surface area contributed by atoms with Gasteiger partial charge in [0.2, 0.25) is 0 Å². The molecule has 10 aromatic rings. The summed E-state index contributed by atoms with van der Waals surface area (Å²) in [6.45, 7) is 6.89. The summed E-state index contributed by atoms with van der Waals surface area (Å²) in [5.74, 6) is 0. The minimum absolute atomic E-state index is 0.305. The molecule has 0 bridgehead atoms. The van der Waals surface area contributed by atoms with E-state index in [0.717, 1.165) is 58.1 Å². The number of ether oxygens (including phenoxy) is 4. The summed E-state index contributed by atoms with van der Waals surface area (Å²) >= 11 is 0. The molecular formula is C64H54N2O4. The number of nitrogens with zero attached hydrogens (tertiary/aromatic N) is 2. The first-order chi connectivity index (χ1) is 34.6. The van der Waals surface area contributed by atoms with Gasteiger partial charge >= 0.3 is 0 Å². The zero-order chi connectivity index (χ0) is 47.0. The molecule has 0 aromatic heterocycles. The van der Waals surface area contributed by atoms with Crippen LogP contribution in [0.5, 0.6) is 0 Å². The molecule has 2 aliphatic heterocycles. The fourth-order valence-corrected chi connectivity index (χ4v) is 10.3. The van der Waals surface area contributed by atoms with Crippen LogP contribution in [-0.4, -0.2) is 26.4 Å². The van der Waals surface area contributed by atoms with Gasteiger partial charge in [-0.2, -0.15) is 0 Å². The lowest BCUT2D eigenvalue weighted by molar-refractivity contribution is -0.0443. The lowest BCUT2D eigenvalue weighted by atomic mass is 9.90. The van der Waals surface area contributed by atoms with E-state index in [1.807, 2.05) is 0 Å². The molecule has 0 saturated carbocycles. The summed E-state index contributed by atoms with van der Waals surface area (Å²) in [5.41, 5.74) is 16.0. The quantitative estimate of drug-likeness (QED) is 0.114. The molecule has 6 heteroatoms. The summed E-state index contributed by atoms with van der Waals surface area (Å²) in [6, 6.07) is 75.5. The minimum atomic E-state index is -0.305. The molecule has 0 amide bonds. The van der Waals surface area contributed by atoms with Crippen molar-refractivity contribution in [1.29, 1.82) is 0 Å². The van der Waals surface area contributed by atoms with E-state index < -0.39 is 0 Å². The van der Waals surface area contributed by atoms with Crippen LogP contribution in [0.1, 0.15) is 48.7 Å². The Morgan fingerprint density at radius 1 is 0.314 bits per heavy atom. The topological polar surface area (TPSA) is 43.4 Å². The van der Waals surface area contributed by atoms with Crippen molar-refractivity contribution < 1.29 is 18.9 Å². The van der Waals surface area contributed by atoms with Crippen LogP contribution in [0.4, 0.5) is 34.1 Å². The highest BCUT2D eigenvalue weighted by Crippen LogP contribution is 2.42. The van der Waals surface area contributed by atoms with Crippen LogP contribution in [-0.2, 0) is 31.8 Å². The van der Waals surface area contributed by atoms with E-state index in [0.29, 0.717) is 26.4 Å². The Labute approximate surface area is 409 Å². The fourth-order valence-electron chi connectivity index (χ4n) is 10.3. The smallest absolute Gasteiger partial charge is 0.184 e. The molecule has 10 aromatic carbocycles. The maximum atomic E-state index is 5.79. The van der Waals surface area contributed by atoms with Crippen molar-refractivity contribution in [1.82, 2.24) is 0 Å². The number of benzene rings is 10. The Balaban J connectivity index is 0.865. The van der Waals surface area contributed by atoms with Crippen LogP contribution in [0.25, 0.3) is 54.6 Å². The molecule has 0 spiro atoms. The molecule has 0 aliphatic carbocycles. The maximum absolute atomic E-state index is 5.79. The van der Waals surface area contributed by atoms with Gasteiger partial charge in [-0.05, 0) is 163 Å². The molecule has 2 aliphatic rings. The number of aryl methyl sites for hydroxylation is 2. The van der Waals surface area contributed by atoms with Gasteiger partial charge in [-0.25, -0.2) is 0 Å². The van der Waals surface area contributed by atoms with Gasteiger partial charge < -0.3 is 28.7 Å². The number of hydrogen-bond acceptors (Lipinski definition) is 6. The maximum Gasteiger partial charge on any atom is 0.184 e. The first kappa shape index (κ1) is 43.7. The Kier molecular flexibility index (Phi) is 11.9. The average Bonchev–Trinajstić information content (AvgIpc) is 4.19. The van der Waals surface area contributed by atoms with Crippen LogP contribution >= 0.6 is 0 Å². The summed E-state index contributed by atoms with van der Waals surface area (Å²) in [6.07, 6.45) is 1.33. The number of anilines is 6. The molecule has 2 fully saturated rings. The summed E-state index contributed by atoms with van der Waals surface area (Å²) in [4.78, 5) is 4.66. The van der Waals surface area contributed by atoms with Crippen molar-refractivity contribution in [3.8, 4) is 22.3 Å². The second-order valence-corrected chi connectivity index (χ2v) is 18.2. The molecule has 2 heterocycles. The second-order valence-electron chi connectivity index (χ2n) is 18.2. The first-order valence-electron chi connectivity index (χ1n) is 24.6. The number of hydrogen-bond donors (Lipinski definition) is 0. The lowest BCUT2D eigenvalue weighted by Gasteiger charge is -2.26. The second kappa shape index (κ2) is 19.1. The predicted molar refractivity (Wildman–Crippen MR) is 287 cm³/mol. The van der Waals surface area contributed by atoms with E-state index in [1.54, 1.807) is 0 Å². The molecular weight excluding hydrogens is 861 g/mol. The van der Waals surface area contributed by atoms with Crippen molar-refractivity contribution in [2.75, 3.05) is 36.2 Å². The SMILES string of the molecule is CCc1cccc(N(c2ccc(-c3ccc4c5ccc(-c6ccc(N(c7ccc(C8OCCO8)cc7)c7cccc(CC)c7)cc6)cc5c5ccccc5c4c3)cc2)c2ccc(C3OCCO3)cc2)c1. The van der Waals surface area contributed by atoms with E-state index in [2.05, 4.69) is 230 Å². The van der Waals surface area contributed by atoms with Gasteiger partial charge in [0.1, 0.15) is 0 Å². The third kappa shape index (κ3) is 8.39. The standard InChI is InChI=1S/C64H54N2O4/c1-3-43-9-7-11-55(39-43)65(53-29-19-47(20-30-53)63-67-35-36-68-63)51-25-15-45(16-26-51)49-23-33-59-60-34-24-50(42-62(60)58-14-6-5-13-57(58)61(59)41-49)46-17-27-52(28-18-46)66(56-12-8-10-44(4-2)40-56)54-31-21-48(22-32-54)64-69-37-38-70-64/h5-34,39-42,63-64H,3-4,35-38H2,1-2H3. The van der Waals surface area contributed by atoms with Gasteiger partial charge in [-0.15, -0.1) is 0 Å². The van der Waals surface area contributed by atoms with E-state index in [4.69, 9.17) is 18.9 Å². The molecule has 344 valence electrons. The van der Waals surface area contributed by atoms with Crippen molar-refractivity contribution in [3.05, 3.63) is 229 Å². The molecule has 0 radical (unpaired) electrons. The highest BCUT2D eigenvalue weighted by atomic mass is 16.7. The van der Waals surface area contributed by atoms with Gasteiger partial charge in [0, 0.05) is 45.3 Å². The van der Waals surface area contributed by atoms with Gasteiger partial charge in [0.05, 0.1) is 26.4 Å². The van der Waals surface area contributed by atoms with Crippen LogP contribution < -0.4 is 9.80 Å². The average molecular weight is 915 g/mol. The zero-order valence-electron chi connectivity index (χ0n) is 39.6. The van der Waals surface area contributed by atoms with E-state index >= 15 is 0 Å². The fraction of sp³-hybridized carbons (Fsp3) is 0.156. The number of rotatable bonds is 12. The number of fused-ring (bicyclic) bond motifs is 6. The lowest BCUT2D eigenvalue weighted by Crippen LogP contribution is -2.10. The minimum Gasteiger partial charge on any atom is -0.346 e. The summed E-state index contributed by atoms with van der Waals surface area (Å²) in [7, 11) is 0. The van der Waals surface area contributed by atoms with E-state index in [9.17, 15) is 0 Å². The largest absolute Gasteiger partial charge is 0.346 e. The van der Waals surface area contributed by atoms with Crippen molar-refractivity contribution in [2.45, 2.75) is 39.3 Å². The molecule has 0 unspecified atom stereocenters. The van der Waals surface area contributed by atoms with Gasteiger partial charge in [0.15, 0.2) is 12.6 Å².